The molecular formula is C23H33N7O2. The van der Waals surface area contributed by atoms with Gasteiger partial charge >= 0.3 is 0 Å². The fourth-order valence-corrected chi connectivity index (χ4v) is 3.81. The first-order chi connectivity index (χ1) is 15.2. The largest absolute Gasteiger partial charge is 0.496 e. The van der Waals surface area contributed by atoms with Gasteiger partial charge in [0.25, 0.3) is 5.91 Å². The Morgan fingerprint density at radius 1 is 1.25 bits per heavy atom. The van der Waals surface area contributed by atoms with E-state index in [1.165, 1.54) is 10.6 Å². The molecule has 0 unspecified atom stereocenters. The fraction of sp³-hybridized carbons (Fsp3) is 0.435. The number of carbonyl (C=O) groups is 1. The lowest BCUT2D eigenvalue weighted by Crippen LogP contribution is -2.51. The molecule has 172 valence electrons. The predicted molar refractivity (Wildman–Crippen MR) is 126 cm³/mol. The number of nitrogens with two attached hydrogens (primary N) is 1. The third-order valence-corrected chi connectivity index (χ3v) is 5.67. The van der Waals surface area contributed by atoms with Gasteiger partial charge in [0.15, 0.2) is 5.84 Å². The second-order valence-corrected chi connectivity index (χ2v) is 8.44. The molecule has 0 radical (unpaired) electrons. The quantitative estimate of drug-likeness (QED) is 0.226. The lowest BCUT2D eigenvalue weighted by atomic mass is 9.95. The second-order valence-electron chi connectivity index (χ2n) is 8.44. The highest BCUT2D eigenvalue weighted by Gasteiger charge is 2.23. The van der Waals surface area contributed by atoms with Crippen LogP contribution in [0.4, 0.5) is 5.82 Å². The molecule has 0 aliphatic carbocycles. The van der Waals surface area contributed by atoms with E-state index >= 15 is 0 Å². The van der Waals surface area contributed by atoms with Crippen molar-refractivity contribution in [3.63, 3.8) is 0 Å². The van der Waals surface area contributed by atoms with Gasteiger partial charge < -0.3 is 10.1 Å². The molecule has 9 nitrogen and oxygen atoms in total. The van der Waals surface area contributed by atoms with Gasteiger partial charge in [-0.3, -0.25) is 26.0 Å². The number of hydrazine groups is 2. The number of carbonyl (C=O) groups excluding carboxylic acids is 1. The Balaban J connectivity index is 1.85. The smallest absolute Gasteiger partial charge is 0.260 e. The summed E-state index contributed by atoms with van der Waals surface area (Å²) in [5, 5.41) is 12.7. The summed E-state index contributed by atoms with van der Waals surface area (Å²) in [6, 6.07) is 9.42. The summed E-state index contributed by atoms with van der Waals surface area (Å²) >= 11 is 0. The summed E-state index contributed by atoms with van der Waals surface area (Å²) in [6.45, 7) is 9.97. The van der Waals surface area contributed by atoms with Crippen LogP contribution in [-0.2, 0) is 13.0 Å². The number of rotatable bonds is 7. The number of benzene rings is 1. The van der Waals surface area contributed by atoms with Crippen molar-refractivity contribution in [3.05, 3.63) is 52.7 Å². The van der Waals surface area contributed by atoms with Gasteiger partial charge in [0, 0.05) is 25.2 Å². The number of anilines is 1. The van der Waals surface area contributed by atoms with Crippen LogP contribution < -0.4 is 21.4 Å². The minimum absolute atomic E-state index is 0.0438. The summed E-state index contributed by atoms with van der Waals surface area (Å²) in [5.74, 6) is 6.24. The van der Waals surface area contributed by atoms with Crippen molar-refractivity contribution >= 4 is 17.6 Å². The lowest BCUT2D eigenvalue weighted by Gasteiger charge is -2.32. The summed E-state index contributed by atoms with van der Waals surface area (Å²) in [6.07, 6.45) is 0.930. The Kier molecular flexibility index (Phi) is 7.44. The maximum atomic E-state index is 13.1. The number of nitrogens with zero attached hydrogens (tertiary/aromatic N) is 3. The van der Waals surface area contributed by atoms with E-state index in [0.29, 0.717) is 28.9 Å². The monoisotopic (exact) mass is 439 g/mol. The molecule has 1 aliphatic heterocycles. The number of fused-ring (bicyclic) bond motifs is 1. The second kappa shape index (κ2) is 10.1. The maximum Gasteiger partial charge on any atom is 0.260 e. The number of ether oxygens (including phenoxy) is 1. The zero-order chi connectivity index (χ0) is 23.4. The van der Waals surface area contributed by atoms with Crippen LogP contribution in [0.1, 0.15) is 54.9 Å². The molecule has 0 atom stereocenters. The predicted octanol–water partition coefficient (Wildman–Crippen LogP) is 2.52. The van der Waals surface area contributed by atoms with E-state index in [1.807, 2.05) is 26.0 Å². The highest BCUT2D eigenvalue weighted by Crippen LogP contribution is 2.29. The third kappa shape index (κ3) is 5.07. The standard InChI is InChI=1S/C23H33N7O2/c1-14(2)29-10-9-16-12-20(32-5)18(11-17(16)13-29)23(31)27-21-8-6-7-19(26-21)22(24)30(28-25)15(3)4/h6-8,11-12,14-15,24,28H,9-10,13,25H2,1-5H3,(H,26,27,31). The van der Waals surface area contributed by atoms with E-state index in [2.05, 4.69) is 34.6 Å². The highest BCUT2D eigenvalue weighted by molar-refractivity contribution is 6.06. The average molecular weight is 440 g/mol. The number of hydrogen-bond donors (Lipinski definition) is 4. The van der Waals surface area contributed by atoms with Crippen molar-refractivity contribution < 1.29 is 9.53 Å². The first-order valence-corrected chi connectivity index (χ1v) is 10.8. The van der Waals surface area contributed by atoms with E-state index in [4.69, 9.17) is 16.0 Å². The molecule has 32 heavy (non-hydrogen) atoms. The van der Waals surface area contributed by atoms with Crippen molar-refractivity contribution in [3.8, 4) is 5.75 Å². The Morgan fingerprint density at radius 3 is 2.62 bits per heavy atom. The Bertz CT molecular complexity index is 990. The molecule has 0 spiro atoms. The molecule has 0 fully saturated rings. The zero-order valence-corrected chi connectivity index (χ0v) is 19.4. The zero-order valence-electron chi connectivity index (χ0n) is 19.4. The van der Waals surface area contributed by atoms with Crippen LogP contribution in [-0.4, -0.2) is 52.4 Å². The van der Waals surface area contributed by atoms with Crippen molar-refractivity contribution in [2.24, 2.45) is 5.84 Å². The van der Waals surface area contributed by atoms with E-state index in [1.54, 1.807) is 25.3 Å². The van der Waals surface area contributed by atoms with Crippen LogP contribution in [0.15, 0.2) is 30.3 Å². The van der Waals surface area contributed by atoms with E-state index in [0.717, 1.165) is 25.1 Å². The van der Waals surface area contributed by atoms with Gasteiger partial charge in [-0.05, 0) is 69.5 Å². The molecule has 1 aliphatic rings. The van der Waals surface area contributed by atoms with Crippen LogP contribution in [0.5, 0.6) is 5.75 Å². The van der Waals surface area contributed by atoms with Crippen LogP contribution in [0.2, 0.25) is 0 Å². The molecule has 3 rings (SSSR count). The van der Waals surface area contributed by atoms with Gasteiger partial charge in [0.05, 0.1) is 12.7 Å². The minimum atomic E-state index is -0.305. The Labute approximate surface area is 189 Å². The molecule has 1 aromatic carbocycles. The number of methoxy groups -OCH3 is 1. The lowest BCUT2D eigenvalue weighted by molar-refractivity contribution is 0.102. The van der Waals surface area contributed by atoms with Gasteiger partial charge in [-0.1, -0.05) is 6.07 Å². The van der Waals surface area contributed by atoms with Crippen molar-refractivity contribution in [2.45, 2.75) is 52.7 Å². The number of amidine groups is 1. The maximum absolute atomic E-state index is 13.1. The number of amides is 1. The molecule has 1 aromatic heterocycles. The first kappa shape index (κ1) is 23.6. The molecule has 5 N–H and O–H groups in total. The van der Waals surface area contributed by atoms with Gasteiger partial charge in [-0.25, -0.2) is 4.98 Å². The first-order valence-electron chi connectivity index (χ1n) is 10.8. The number of nitrogens with one attached hydrogen (secondary N) is 3. The van der Waals surface area contributed by atoms with Crippen molar-refractivity contribution in [2.75, 3.05) is 19.0 Å². The van der Waals surface area contributed by atoms with E-state index in [9.17, 15) is 4.79 Å². The SMILES string of the molecule is COc1cc2c(cc1C(=O)Nc1cccc(C(=N)N(NN)C(C)C)n1)CN(C(C)C)CC2. The summed E-state index contributed by atoms with van der Waals surface area (Å²) < 4.78 is 5.52. The molecule has 2 aromatic rings. The number of hydrogen-bond acceptors (Lipinski definition) is 7. The van der Waals surface area contributed by atoms with Crippen LogP contribution in [0.25, 0.3) is 0 Å². The van der Waals surface area contributed by atoms with Crippen LogP contribution >= 0.6 is 0 Å². The Hall–Kier alpha value is -3.01. The summed E-state index contributed by atoms with van der Waals surface area (Å²) in [5.41, 5.74) is 5.71. The van der Waals surface area contributed by atoms with E-state index < -0.39 is 0 Å². The average Bonchev–Trinajstić information content (AvgIpc) is 2.77. The molecular weight excluding hydrogens is 406 g/mol. The third-order valence-electron chi connectivity index (χ3n) is 5.67. The Morgan fingerprint density at radius 2 is 2.00 bits per heavy atom. The molecule has 0 saturated carbocycles. The molecule has 0 bridgehead atoms. The van der Waals surface area contributed by atoms with Gasteiger partial charge in [0.1, 0.15) is 17.3 Å². The molecule has 1 amide bonds. The summed E-state index contributed by atoms with van der Waals surface area (Å²) in [7, 11) is 1.57. The minimum Gasteiger partial charge on any atom is -0.496 e. The van der Waals surface area contributed by atoms with Crippen LogP contribution in [0.3, 0.4) is 0 Å². The van der Waals surface area contributed by atoms with Gasteiger partial charge in [-0.15, -0.1) is 0 Å². The van der Waals surface area contributed by atoms with Gasteiger partial charge in [0.2, 0.25) is 0 Å². The number of pyridine rings is 1. The fourth-order valence-electron chi connectivity index (χ4n) is 3.81. The molecule has 9 heteroatoms. The topological polar surface area (TPSA) is 120 Å². The molecule has 0 saturated heterocycles. The van der Waals surface area contributed by atoms with E-state index in [-0.39, 0.29) is 17.8 Å². The van der Waals surface area contributed by atoms with Crippen molar-refractivity contribution in [1.82, 2.24) is 20.4 Å². The molecule has 2 heterocycles. The van der Waals surface area contributed by atoms with Gasteiger partial charge in [-0.2, -0.15) is 5.53 Å². The normalized spacial score (nSPS) is 13.8. The highest BCUT2D eigenvalue weighted by atomic mass is 16.5. The summed E-state index contributed by atoms with van der Waals surface area (Å²) in [4.78, 5) is 19.9. The number of aromatic nitrogens is 1. The van der Waals surface area contributed by atoms with Crippen molar-refractivity contribution in [1.29, 1.82) is 5.41 Å². The van der Waals surface area contributed by atoms with Crippen LogP contribution in [0, 0.1) is 5.41 Å².